The summed E-state index contributed by atoms with van der Waals surface area (Å²) in [6, 6.07) is 8.23. The van der Waals surface area contributed by atoms with Crippen molar-refractivity contribution in [3.05, 3.63) is 58.0 Å². The van der Waals surface area contributed by atoms with E-state index >= 15 is 0 Å². The minimum absolute atomic E-state index is 0.0629. The summed E-state index contributed by atoms with van der Waals surface area (Å²) < 4.78 is 0. The standard InChI is InChI=1S/C23H23ClN4O/c1-12-13(2)27-22(26-12)20-10-16(6-7-25-20)17-8-18-11-28(14(3)15-4-5-15)23(29)21(18)19(24)9-17/h6-10,14-15H,4-5,11H2,1-3H3,(H,26,27). The lowest BCUT2D eigenvalue weighted by Gasteiger charge is -2.23. The van der Waals surface area contributed by atoms with Gasteiger partial charge < -0.3 is 9.88 Å². The van der Waals surface area contributed by atoms with Gasteiger partial charge in [0.05, 0.1) is 16.3 Å². The zero-order valence-corrected chi connectivity index (χ0v) is 17.5. The van der Waals surface area contributed by atoms with Crippen molar-refractivity contribution in [1.82, 2.24) is 19.9 Å². The molecular weight excluding hydrogens is 384 g/mol. The number of pyridine rings is 1. The van der Waals surface area contributed by atoms with E-state index in [1.165, 1.54) is 12.8 Å². The lowest BCUT2D eigenvalue weighted by molar-refractivity contribution is 0.0697. The molecule has 0 radical (unpaired) electrons. The minimum Gasteiger partial charge on any atom is -0.341 e. The monoisotopic (exact) mass is 406 g/mol. The number of imidazole rings is 1. The molecule has 1 N–H and O–H groups in total. The van der Waals surface area contributed by atoms with Gasteiger partial charge in [-0.3, -0.25) is 9.78 Å². The fourth-order valence-electron chi connectivity index (χ4n) is 4.16. The zero-order chi connectivity index (χ0) is 20.3. The second-order valence-corrected chi connectivity index (χ2v) is 8.64. The molecule has 29 heavy (non-hydrogen) atoms. The number of H-pyrrole nitrogens is 1. The van der Waals surface area contributed by atoms with E-state index in [1.54, 1.807) is 6.20 Å². The highest BCUT2D eigenvalue weighted by molar-refractivity contribution is 6.34. The second-order valence-electron chi connectivity index (χ2n) is 8.23. The molecule has 6 heteroatoms. The molecule has 1 amide bonds. The Bertz CT molecular complexity index is 1110. The molecule has 1 unspecified atom stereocenters. The Morgan fingerprint density at radius 2 is 2.00 bits per heavy atom. The van der Waals surface area contributed by atoms with Crippen LogP contribution in [0.1, 0.15) is 47.1 Å². The highest BCUT2D eigenvalue weighted by Gasteiger charge is 2.39. The van der Waals surface area contributed by atoms with E-state index in [-0.39, 0.29) is 11.9 Å². The number of carbonyl (C=O) groups excluding carboxylic acids is 1. The Kier molecular flexibility index (Phi) is 4.24. The second kappa shape index (κ2) is 6.70. The first kappa shape index (κ1) is 18.4. The maximum atomic E-state index is 12.9. The van der Waals surface area contributed by atoms with Crippen LogP contribution in [0.25, 0.3) is 22.6 Å². The maximum absolute atomic E-state index is 12.9. The largest absolute Gasteiger partial charge is 0.341 e. The van der Waals surface area contributed by atoms with Gasteiger partial charge in [-0.25, -0.2) is 4.98 Å². The number of hydrogen-bond donors (Lipinski definition) is 1. The average Bonchev–Trinajstić information content (AvgIpc) is 3.43. The van der Waals surface area contributed by atoms with Crippen LogP contribution in [0.3, 0.4) is 0 Å². The number of aryl methyl sites for hydroxylation is 2. The minimum atomic E-state index is 0.0629. The Balaban J connectivity index is 1.51. The van der Waals surface area contributed by atoms with Gasteiger partial charge in [-0.2, -0.15) is 0 Å². The first-order chi connectivity index (χ1) is 13.9. The summed E-state index contributed by atoms with van der Waals surface area (Å²) in [7, 11) is 0. The van der Waals surface area contributed by atoms with E-state index in [9.17, 15) is 4.79 Å². The van der Waals surface area contributed by atoms with Crippen molar-refractivity contribution in [3.8, 4) is 22.6 Å². The number of hydrogen-bond acceptors (Lipinski definition) is 3. The van der Waals surface area contributed by atoms with Crippen molar-refractivity contribution >= 4 is 17.5 Å². The van der Waals surface area contributed by atoms with Crippen molar-refractivity contribution in [2.45, 2.75) is 46.2 Å². The number of benzene rings is 1. The molecule has 1 atom stereocenters. The van der Waals surface area contributed by atoms with E-state index < -0.39 is 0 Å². The van der Waals surface area contributed by atoms with Crippen LogP contribution in [0, 0.1) is 19.8 Å². The van der Waals surface area contributed by atoms with Gasteiger partial charge in [0.2, 0.25) is 0 Å². The molecule has 1 saturated carbocycles. The lowest BCUT2D eigenvalue weighted by atomic mass is 10.0. The highest BCUT2D eigenvalue weighted by atomic mass is 35.5. The van der Waals surface area contributed by atoms with Crippen molar-refractivity contribution in [2.75, 3.05) is 0 Å². The third-order valence-corrected chi connectivity index (χ3v) is 6.55. The van der Waals surface area contributed by atoms with Crippen LogP contribution in [0.2, 0.25) is 5.02 Å². The predicted molar refractivity (Wildman–Crippen MR) is 114 cm³/mol. The number of amides is 1. The molecule has 0 saturated heterocycles. The van der Waals surface area contributed by atoms with Gasteiger partial charge in [-0.05, 0) is 80.5 Å². The van der Waals surface area contributed by atoms with Crippen LogP contribution in [-0.4, -0.2) is 31.8 Å². The van der Waals surface area contributed by atoms with Gasteiger partial charge in [0.1, 0.15) is 5.69 Å². The molecule has 1 aliphatic heterocycles. The molecule has 0 bridgehead atoms. The molecule has 1 fully saturated rings. The number of rotatable bonds is 4. The predicted octanol–water partition coefficient (Wildman–Crippen LogP) is 5.16. The van der Waals surface area contributed by atoms with Gasteiger partial charge in [0, 0.05) is 24.5 Å². The highest BCUT2D eigenvalue weighted by Crippen LogP contribution is 2.41. The number of carbonyl (C=O) groups is 1. The quantitative estimate of drug-likeness (QED) is 0.650. The van der Waals surface area contributed by atoms with E-state index in [0.717, 1.165) is 39.6 Å². The summed E-state index contributed by atoms with van der Waals surface area (Å²) in [5.41, 5.74) is 6.46. The molecule has 3 aromatic rings. The van der Waals surface area contributed by atoms with E-state index in [0.29, 0.717) is 23.0 Å². The summed E-state index contributed by atoms with van der Waals surface area (Å²) >= 11 is 6.58. The van der Waals surface area contributed by atoms with Crippen molar-refractivity contribution in [2.24, 2.45) is 5.92 Å². The number of aromatic nitrogens is 3. The van der Waals surface area contributed by atoms with Gasteiger partial charge >= 0.3 is 0 Å². The summed E-state index contributed by atoms with van der Waals surface area (Å²) in [5, 5.41) is 0.524. The zero-order valence-electron chi connectivity index (χ0n) is 16.8. The molecule has 3 heterocycles. The van der Waals surface area contributed by atoms with Crippen molar-refractivity contribution in [3.63, 3.8) is 0 Å². The van der Waals surface area contributed by atoms with Crippen molar-refractivity contribution < 1.29 is 4.79 Å². The van der Waals surface area contributed by atoms with Crippen LogP contribution in [0.15, 0.2) is 30.5 Å². The van der Waals surface area contributed by atoms with Gasteiger partial charge in [0.25, 0.3) is 5.91 Å². The Hall–Kier alpha value is -2.66. The number of nitrogens with zero attached hydrogens (tertiary/aromatic N) is 3. The Labute approximate surface area is 175 Å². The smallest absolute Gasteiger partial charge is 0.256 e. The third-order valence-electron chi connectivity index (χ3n) is 6.25. The van der Waals surface area contributed by atoms with Gasteiger partial charge in [-0.1, -0.05) is 11.6 Å². The van der Waals surface area contributed by atoms with Crippen molar-refractivity contribution in [1.29, 1.82) is 0 Å². The lowest BCUT2D eigenvalue weighted by Crippen LogP contribution is -2.34. The van der Waals surface area contributed by atoms with E-state index in [1.807, 2.05) is 36.9 Å². The first-order valence-electron chi connectivity index (χ1n) is 10.1. The molecule has 5 rings (SSSR count). The number of aromatic amines is 1. The van der Waals surface area contributed by atoms with Crippen LogP contribution in [0.5, 0.6) is 0 Å². The van der Waals surface area contributed by atoms with E-state index in [2.05, 4.69) is 27.9 Å². The topological polar surface area (TPSA) is 61.9 Å². The average molecular weight is 407 g/mol. The SMILES string of the molecule is Cc1nc(-c2cc(-c3cc(Cl)c4c(c3)CN(C(C)C3CC3)C4=O)ccn2)[nH]c1C. The molecular formula is C23H23ClN4O. The Morgan fingerprint density at radius 1 is 1.21 bits per heavy atom. The van der Waals surface area contributed by atoms with Gasteiger partial charge in [0.15, 0.2) is 5.82 Å². The molecule has 148 valence electrons. The van der Waals surface area contributed by atoms with Gasteiger partial charge in [-0.15, -0.1) is 0 Å². The summed E-state index contributed by atoms with van der Waals surface area (Å²) in [4.78, 5) is 27.2. The van der Waals surface area contributed by atoms with Crippen LogP contribution in [0.4, 0.5) is 0 Å². The summed E-state index contributed by atoms with van der Waals surface area (Å²) in [6.07, 6.45) is 4.21. The normalized spacial score (nSPS) is 17.0. The summed E-state index contributed by atoms with van der Waals surface area (Å²) in [6.45, 7) is 6.76. The molecule has 2 aliphatic rings. The number of halogens is 1. The third kappa shape index (κ3) is 3.14. The van der Waals surface area contributed by atoms with E-state index in [4.69, 9.17) is 11.6 Å². The van der Waals surface area contributed by atoms with Crippen LogP contribution < -0.4 is 0 Å². The Morgan fingerprint density at radius 3 is 2.69 bits per heavy atom. The fourth-order valence-corrected chi connectivity index (χ4v) is 4.48. The molecule has 1 aromatic carbocycles. The molecule has 2 aromatic heterocycles. The molecule has 5 nitrogen and oxygen atoms in total. The first-order valence-corrected chi connectivity index (χ1v) is 10.4. The fraction of sp³-hybridized carbons (Fsp3) is 0.348. The number of fused-ring (bicyclic) bond motifs is 1. The maximum Gasteiger partial charge on any atom is 0.256 e. The summed E-state index contributed by atoms with van der Waals surface area (Å²) in [5.74, 6) is 1.45. The van der Waals surface area contributed by atoms with Crippen LogP contribution >= 0.6 is 11.6 Å². The number of nitrogens with one attached hydrogen (secondary N) is 1. The molecule has 1 aliphatic carbocycles. The van der Waals surface area contributed by atoms with Crippen LogP contribution in [-0.2, 0) is 6.54 Å². The molecule has 0 spiro atoms.